The molecule has 2 aromatic rings. The standard InChI is InChI=1S/C15H17N3O4/c1-11-3-5-12(6-4-11)21-9-15(2)8-17-7-13(18(19)20)16-14(17)22-10-15/h3-7H,8-10H2,1-2H3/t15-/m1/s1. The molecule has 0 aliphatic carbocycles. The lowest BCUT2D eigenvalue weighted by molar-refractivity contribution is -0.389. The van der Waals surface area contributed by atoms with Gasteiger partial charge in [0.25, 0.3) is 0 Å². The van der Waals surface area contributed by atoms with Crippen LogP contribution in [0.3, 0.4) is 0 Å². The molecule has 1 atom stereocenters. The summed E-state index contributed by atoms with van der Waals surface area (Å²) in [7, 11) is 0. The number of benzene rings is 1. The fraction of sp³-hybridized carbons (Fsp3) is 0.400. The summed E-state index contributed by atoms with van der Waals surface area (Å²) in [5.41, 5.74) is 0.904. The van der Waals surface area contributed by atoms with Gasteiger partial charge in [0.15, 0.2) is 0 Å². The van der Waals surface area contributed by atoms with Gasteiger partial charge < -0.3 is 19.6 Å². The molecule has 3 rings (SSSR count). The Bertz CT molecular complexity index is 695. The number of nitrogens with zero attached hydrogens (tertiary/aromatic N) is 3. The Kier molecular flexibility index (Phi) is 3.48. The van der Waals surface area contributed by atoms with E-state index in [1.54, 1.807) is 4.57 Å². The molecule has 1 aliphatic rings. The molecule has 0 spiro atoms. The first-order valence-electron chi connectivity index (χ1n) is 6.99. The summed E-state index contributed by atoms with van der Waals surface area (Å²) in [6, 6.07) is 8.13. The van der Waals surface area contributed by atoms with Crippen molar-refractivity contribution in [3.8, 4) is 11.8 Å². The molecule has 0 unspecified atom stereocenters. The van der Waals surface area contributed by atoms with Crippen LogP contribution >= 0.6 is 0 Å². The van der Waals surface area contributed by atoms with Gasteiger partial charge in [0, 0.05) is 11.5 Å². The van der Waals surface area contributed by atoms with Crippen LogP contribution in [-0.4, -0.2) is 27.7 Å². The molecule has 0 fully saturated rings. The van der Waals surface area contributed by atoms with Crippen molar-refractivity contribution in [1.82, 2.24) is 9.55 Å². The second-order valence-electron chi connectivity index (χ2n) is 5.97. The number of aryl methyl sites for hydroxylation is 1. The molecule has 1 aromatic heterocycles. The largest absolute Gasteiger partial charge is 0.493 e. The smallest absolute Gasteiger partial charge is 0.414 e. The summed E-state index contributed by atoms with van der Waals surface area (Å²) in [5.74, 6) is 0.605. The lowest BCUT2D eigenvalue weighted by Crippen LogP contribution is -2.39. The first-order valence-corrected chi connectivity index (χ1v) is 6.99. The molecule has 1 aromatic carbocycles. The molecule has 2 heterocycles. The average Bonchev–Trinajstić information content (AvgIpc) is 2.90. The van der Waals surface area contributed by atoms with E-state index in [1.165, 1.54) is 11.8 Å². The molecular formula is C15H17N3O4. The highest BCUT2D eigenvalue weighted by molar-refractivity contribution is 5.26. The lowest BCUT2D eigenvalue weighted by atomic mass is 9.92. The molecule has 0 radical (unpaired) electrons. The third-order valence-corrected chi connectivity index (χ3v) is 3.62. The topological polar surface area (TPSA) is 79.4 Å². The van der Waals surface area contributed by atoms with Crippen LogP contribution < -0.4 is 9.47 Å². The van der Waals surface area contributed by atoms with E-state index in [-0.39, 0.29) is 11.2 Å². The van der Waals surface area contributed by atoms with Crippen LogP contribution in [-0.2, 0) is 6.54 Å². The van der Waals surface area contributed by atoms with Crippen molar-refractivity contribution in [3.05, 3.63) is 46.1 Å². The number of nitro groups is 1. The minimum Gasteiger partial charge on any atom is -0.493 e. The average molecular weight is 303 g/mol. The summed E-state index contributed by atoms with van der Waals surface area (Å²) < 4.78 is 13.0. The highest BCUT2D eigenvalue weighted by atomic mass is 16.6. The van der Waals surface area contributed by atoms with Gasteiger partial charge in [-0.15, -0.1) is 0 Å². The fourth-order valence-corrected chi connectivity index (χ4v) is 2.38. The zero-order valence-electron chi connectivity index (χ0n) is 12.5. The lowest BCUT2D eigenvalue weighted by Gasteiger charge is -2.32. The van der Waals surface area contributed by atoms with Gasteiger partial charge in [-0.05, 0) is 24.0 Å². The molecule has 7 heteroatoms. The summed E-state index contributed by atoms with van der Waals surface area (Å²) in [5, 5.41) is 10.8. The normalized spacial score (nSPS) is 20.1. The second kappa shape index (κ2) is 5.32. The van der Waals surface area contributed by atoms with Gasteiger partial charge in [-0.3, -0.25) is 4.57 Å². The number of hydrogen-bond donors (Lipinski definition) is 0. The van der Waals surface area contributed by atoms with Gasteiger partial charge in [0.05, 0.1) is 12.0 Å². The first-order chi connectivity index (χ1) is 10.5. The predicted molar refractivity (Wildman–Crippen MR) is 79.2 cm³/mol. The molecule has 0 N–H and O–H groups in total. The molecule has 0 bridgehead atoms. The van der Waals surface area contributed by atoms with E-state index in [9.17, 15) is 10.1 Å². The van der Waals surface area contributed by atoms with Crippen LogP contribution in [0.2, 0.25) is 0 Å². The van der Waals surface area contributed by atoms with E-state index in [4.69, 9.17) is 9.47 Å². The second-order valence-corrected chi connectivity index (χ2v) is 5.97. The van der Waals surface area contributed by atoms with Crippen molar-refractivity contribution < 1.29 is 14.4 Å². The van der Waals surface area contributed by atoms with Crippen molar-refractivity contribution in [3.63, 3.8) is 0 Å². The number of imidazole rings is 1. The quantitative estimate of drug-likeness (QED) is 0.640. The minimum atomic E-state index is -0.519. The molecule has 1 aliphatic heterocycles. The molecule has 0 amide bonds. The van der Waals surface area contributed by atoms with E-state index >= 15 is 0 Å². The number of hydrogen-bond acceptors (Lipinski definition) is 5. The van der Waals surface area contributed by atoms with Crippen molar-refractivity contribution >= 4 is 5.82 Å². The van der Waals surface area contributed by atoms with Crippen LogP contribution in [0.5, 0.6) is 11.8 Å². The SMILES string of the molecule is Cc1ccc(OC[C@]2(C)COc3nc([N+](=O)[O-])cn3C2)cc1. The monoisotopic (exact) mass is 303 g/mol. The Labute approximate surface area is 127 Å². The van der Waals surface area contributed by atoms with Crippen molar-refractivity contribution in [2.45, 2.75) is 20.4 Å². The molecule has 0 saturated carbocycles. The van der Waals surface area contributed by atoms with E-state index in [2.05, 4.69) is 4.98 Å². The van der Waals surface area contributed by atoms with E-state index < -0.39 is 4.92 Å². The Hall–Kier alpha value is -2.57. The van der Waals surface area contributed by atoms with E-state index in [1.807, 2.05) is 38.1 Å². The van der Waals surface area contributed by atoms with E-state index in [0.29, 0.717) is 25.8 Å². The summed E-state index contributed by atoms with van der Waals surface area (Å²) >= 11 is 0. The zero-order chi connectivity index (χ0) is 15.7. The molecule has 0 saturated heterocycles. The van der Waals surface area contributed by atoms with Crippen LogP contribution in [0.4, 0.5) is 5.82 Å². The summed E-state index contributed by atoms with van der Waals surface area (Å²) in [6.07, 6.45) is 1.40. The molecule has 116 valence electrons. The minimum absolute atomic E-state index is 0.196. The van der Waals surface area contributed by atoms with Gasteiger partial charge in [-0.2, -0.15) is 0 Å². The molecule has 7 nitrogen and oxygen atoms in total. The summed E-state index contributed by atoms with van der Waals surface area (Å²) in [6.45, 7) is 5.48. The van der Waals surface area contributed by atoms with Gasteiger partial charge >= 0.3 is 11.8 Å². The number of rotatable bonds is 4. The fourth-order valence-electron chi connectivity index (χ4n) is 2.38. The number of aromatic nitrogens is 2. The van der Waals surface area contributed by atoms with Crippen molar-refractivity contribution in [2.75, 3.05) is 13.2 Å². The maximum Gasteiger partial charge on any atom is 0.414 e. The molecule has 22 heavy (non-hydrogen) atoms. The van der Waals surface area contributed by atoms with Crippen LogP contribution in [0.25, 0.3) is 0 Å². The highest BCUT2D eigenvalue weighted by Crippen LogP contribution is 2.31. The van der Waals surface area contributed by atoms with Gasteiger partial charge in [0.2, 0.25) is 0 Å². The van der Waals surface area contributed by atoms with Crippen LogP contribution in [0, 0.1) is 22.5 Å². The summed E-state index contributed by atoms with van der Waals surface area (Å²) in [4.78, 5) is 14.1. The van der Waals surface area contributed by atoms with Crippen LogP contribution in [0.15, 0.2) is 30.5 Å². The van der Waals surface area contributed by atoms with Crippen molar-refractivity contribution in [2.24, 2.45) is 5.41 Å². The number of ether oxygens (including phenoxy) is 2. The van der Waals surface area contributed by atoms with Crippen LogP contribution in [0.1, 0.15) is 12.5 Å². The zero-order valence-corrected chi connectivity index (χ0v) is 12.5. The Morgan fingerprint density at radius 1 is 1.45 bits per heavy atom. The third kappa shape index (κ3) is 2.88. The van der Waals surface area contributed by atoms with E-state index in [0.717, 1.165) is 5.75 Å². The van der Waals surface area contributed by atoms with Gasteiger partial charge in [-0.1, -0.05) is 24.6 Å². The Balaban J connectivity index is 1.69. The van der Waals surface area contributed by atoms with Crippen molar-refractivity contribution in [1.29, 1.82) is 0 Å². The molecular weight excluding hydrogens is 286 g/mol. The Morgan fingerprint density at radius 2 is 2.18 bits per heavy atom. The maximum absolute atomic E-state index is 10.8. The third-order valence-electron chi connectivity index (χ3n) is 3.62. The predicted octanol–water partition coefficient (Wildman–Crippen LogP) is 2.58. The number of fused-ring (bicyclic) bond motifs is 1. The Morgan fingerprint density at radius 3 is 2.86 bits per heavy atom. The van der Waals surface area contributed by atoms with Gasteiger partial charge in [-0.25, -0.2) is 0 Å². The maximum atomic E-state index is 10.8. The highest BCUT2D eigenvalue weighted by Gasteiger charge is 2.36. The van der Waals surface area contributed by atoms with Gasteiger partial charge in [0.1, 0.15) is 18.6 Å². The first kappa shape index (κ1) is 14.4.